The van der Waals surface area contributed by atoms with Crippen molar-refractivity contribution in [3.63, 3.8) is 0 Å². The van der Waals surface area contributed by atoms with Gasteiger partial charge in [-0.3, -0.25) is 4.79 Å². The Morgan fingerprint density at radius 2 is 1.85 bits per heavy atom. The summed E-state index contributed by atoms with van der Waals surface area (Å²) >= 11 is 1.47. The Bertz CT molecular complexity index is 629. The number of anilines is 1. The van der Waals surface area contributed by atoms with Crippen molar-refractivity contribution in [1.29, 1.82) is 0 Å². The van der Waals surface area contributed by atoms with Crippen LogP contribution in [-0.2, 0) is 11.2 Å². The van der Waals surface area contributed by atoms with Gasteiger partial charge in [-0.2, -0.15) is 0 Å². The first-order valence-corrected chi connectivity index (χ1v) is 7.01. The molecule has 2 aromatic carbocycles. The predicted octanol–water partition coefficient (Wildman–Crippen LogP) is 3.62. The van der Waals surface area contributed by atoms with Crippen molar-refractivity contribution < 1.29 is 13.6 Å². The van der Waals surface area contributed by atoms with Gasteiger partial charge >= 0.3 is 0 Å². The van der Waals surface area contributed by atoms with E-state index in [0.29, 0.717) is 6.42 Å². The van der Waals surface area contributed by atoms with Crippen molar-refractivity contribution in [3.8, 4) is 0 Å². The quantitative estimate of drug-likeness (QED) is 0.915. The summed E-state index contributed by atoms with van der Waals surface area (Å²) in [6.07, 6.45) is 0.629. The molecule has 0 saturated heterocycles. The second kappa shape index (κ2) is 5.25. The Labute approximate surface area is 119 Å². The number of hydrogen-bond donors (Lipinski definition) is 1. The van der Waals surface area contributed by atoms with Crippen LogP contribution in [0.2, 0.25) is 0 Å². The van der Waals surface area contributed by atoms with E-state index >= 15 is 0 Å². The first-order valence-electron chi connectivity index (χ1n) is 6.13. The smallest absolute Gasteiger partial charge is 0.238 e. The van der Waals surface area contributed by atoms with Crippen LogP contribution in [-0.4, -0.2) is 11.2 Å². The highest BCUT2D eigenvalue weighted by molar-refractivity contribution is 8.01. The van der Waals surface area contributed by atoms with Crippen LogP contribution in [0.5, 0.6) is 0 Å². The summed E-state index contributed by atoms with van der Waals surface area (Å²) in [5.74, 6) is -1.65. The topological polar surface area (TPSA) is 29.1 Å². The minimum Gasteiger partial charge on any atom is -0.325 e. The van der Waals surface area contributed by atoms with E-state index in [4.69, 9.17) is 0 Å². The van der Waals surface area contributed by atoms with E-state index in [1.54, 1.807) is 0 Å². The van der Waals surface area contributed by atoms with Gasteiger partial charge < -0.3 is 5.32 Å². The van der Waals surface area contributed by atoms with Gasteiger partial charge in [0, 0.05) is 16.6 Å². The van der Waals surface area contributed by atoms with Gasteiger partial charge in [-0.15, -0.1) is 11.8 Å². The van der Waals surface area contributed by atoms with Gasteiger partial charge in [0.05, 0.1) is 5.25 Å². The molecular weight excluding hydrogens is 280 g/mol. The number of thioether (sulfide) groups is 1. The average molecular weight is 291 g/mol. The number of halogens is 2. The molecule has 1 unspecified atom stereocenters. The van der Waals surface area contributed by atoms with Gasteiger partial charge in [0.2, 0.25) is 5.91 Å². The zero-order valence-electron chi connectivity index (χ0n) is 10.4. The average Bonchev–Trinajstić information content (AvgIpc) is 2.81. The van der Waals surface area contributed by atoms with Crippen LogP contribution >= 0.6 is 11.8 Å². The molecule has 0 bridgehead atoms. The monoisotopic (exact) mass is 291 g/mol. The number of fused-ring (bicyclic) bond motifs is 1. The number of benzene rings is 2. The van der Waals surface area contributed by atoms with Gasteiger partial charge in [0.1, 0.15) is 11.6 Å². The Kier molecular flexibility index (Phi) is 3.44. The van der Waals surface area contributed by atoms with Crippen molar-refractivity contribution in [1.82, 2.24) is 0 Å². The number of carbonyl (C=O) groups excluding carboxylic acids is 1. The molecule has 20 heavy (non-hydrogen) atoms. The number of amides is 1. The lowest BCUT2D eigenvalue weighted by molar-refractivity contribution is -0.115. The molecule has 0 saturated carbocycles. The third-order valence-electron chi connectivity index (χ3n) is 3.07. The van der Waals surface area contributed by atoms with E-state index in [2.05, 4.69) is 5.32 Å². The fourth-order valence-electron chi connectivity index (χ4n) is 2.18. The maximum Gasteiger partial charge on any atom is 0.238 e. The first-order chi connectivity index (χ1) is 9.61. The molecule has 0 spiro atoms. The molecule has 1 heterocycles. The van der Waals surface area contributed by atoms with Gasteiger partial charge in [0.25, 0.3) is 0 Å². The summed E-state index contributed by atoms with van der Waals surface area (Å²) in [4.78, 5) is 13.2. The highest BCUT2D eigenvalue weighted by Gasteiger charge is 2.28. The highest BCUT2D eigenvalue weighted by Crippen LogP contribution is 2.37. The standard InChI is InChI=1S/C15H11F2NOS/c16-10-6-11(17)8-12(7-10)18-15(19)14-5-9-3-1-2-4-13(9)20-14/h1-4,6-8,14H,5H2,(H,18,19). The third-order valence-corrected chi connectivity index (χ3v) is 4.39. The van der Waals surface area contributed by atoms with Gasteiger partial charge in [-0.25, -0.2) is 8.78 Å². The van der Waals surface area contributed by atoms with Crippen molar-refractivity contribution >= 4 is 23.4 Å². The molecule has 3 rings (SSSR count). The van der Waals surface area contributed by atoms with E-state index in [9.17, 15) is 13.6 Å². The van der Waals surface area contributed by atoms with Crippen LogP contribution in [0, 0.1) is 11.6 Å². The highest BCUT2D eigenvalue weighted by atomic mass is 32.2. The minimum absolute atomic E-state index is 0.143. The van der Waals surface area contributed by atoms with Gasteiger partial charge in [-0.05, 0) is 30.2 Å². The summed E-state index contributed by atoms with van der Waals surface area (Å²) in [7, 11) is 0. The fraction of sp³-hybridized carbons (Fsp3) is 0.133. The lowest BCUT2D eigenvalue weighted by atomic mass is 10.1. The van der Waals surface area contributed by atoms with E-state index in [1.807, 2.05) is 24.3 Å². The molecule has 1 aliphatic rings. The summed E-state index contributed by atoms with van der Waals surface area (Å²) in [6, 6.07) is 10.8. The zero-order chi connectivity index (χ0) is 14.1. The van der Waals surface area contributed by atoms with Crippen LogP contribution in [0.3, 0.4) is 0 Å². The molecule has 1 atom stereocenters. The normalized spacial score (nSPS) is 16.8. The molecular formula is C15H11F2NOS. The summed E-state index contributed by atoms with van der Waals surface area (Å²) in [5.41, 5.74) is 1.27. The second-order valence-electron chi connectivity index (χ2n) is 4.57. The van der Waals surface area contributed by atoms with Crippen molar-refractivity contribution in [2.75, 3.05) is 5.32 Å². The molecule has 0 radical (unpaired) electrons. The van der Waals surface area contributed by atoms with Crippen LogP contribution < -0.4 is 5.32 Å². The Balaban J connectivity index is 1.72. The van der Waals surface area contributed by atoms with E-state index in [0.717, 1.165) is 28.7 Å². The zero-order valence-corrected chi connectivity index (χ0v) is 11.2. The minimum atomic E-state index is -0.706. The molecule has 5 heteroatoms. The second-order valence-corrected chi connectivity index (χ2v) is 5.81. The van der Waals surface area contributed by atoms with E-state index in [-0.39, 0.29) is 16.8 Å². The maximum absolute atomic E-state index is 13.1. The van der Waals surface area contributed by atoms with E-state index in [1.165, 1.54) is 11.8 Å². The van der Waals surface area contributed by atoms with Crippen molar-refractivity contribution in [2.45, 2.75) is 16.6 Å². The number of rotatable bonds is 2. The molecule has 2 nitrogen and oxygen atoms in total. The molecule has 0 aliphatic carbocycles. The molecule has 1 N–H and O–H groups in total. The summed E-state index contributed by atoms with van der Waals surface area (Å²) in [6.45, 7) is 0. The SMILES string of the molecule is O=C(Nc1cc(F)cc(F)c1)C1Cc2ccccc2S1. The van der Waals surface area contributed by atoms with Crippen LogP contribution in [0.1, 0.15) is 5.56 Å². The van der Waals surface area contributed by atoms with Crippen molar-refractivity contribution in [2.24, 2.45) is 0 Å². The number of nitrogens with one attached hydrogen (secondary N) is 1. The van der Waals surface area contributed by atoms with Gasteiger partial charge in [0.15, 0.2) is 0 Å². The van der Waals surface area contributed by atoms with E-state index < -0.39 is 11.6 Å². The molecule has 102 valence electrons. The molecule has 1 aliphatic heterocycles. The molecule has 0 fully saturated rings. The third kappa shape index (κ3) is 2.67. The van der Waals surface area contributed by atoms with Crippen LogP contribution in [0.4, 0.5) is 14.5 Å². The number of carbonyl (C=O) groups is 1. The van der Waals surface area contributed by atoms with Crippen LogP contribution in [0.25, 0.3) is 0 Å². The lowest BCUT2D eigenvalue weighted by Gasteiger charge is -2.10. The Morgan fingerprint density at radius 1 is 1.15 bits per heavy atom. The fourth-order valence-corrected chi connectivity index (χ4v) is 3.37. The van der Waals surface area contributed by atoms with Crippen LogP contribution in [0.15, 0.2) is 47.4 Å². The lowest BCUT2D eigenvalue weighted by Crippen LogP contribution is -2.24. The Hall–Kier alpha value is -1.88. The van der Waals surface area contributed by atoms with Crippen molar-refractivity contribution in [3.05, 3.63) is 59.7 Å². The first kappa shape index (κ1) is 13.1. The number of hydrogen-bond acceptors (Lipinski definition) is 2. The largest absolute Gasteiger partial charge is 0.325 e. The Morgan fingerprint density at radius 3 is 2.55 bits per heavy atom. The summed E-state index contributed by atoms with van der Waals surface area (Å²) in [5, 5.41) is 2.30. The molecule has 1 amide bonds. The van der Waals surface area contributed by atoms with Gasteiger partial charge in [-0.1, -0.05) is 18.2 Å². The molecule has 0 aromatic heterocycles. The predicted molar refractivity (Wildman–Crippen MR) is 74.8 cm³/mol. The maximum atomic E-state index is 13.1. The molecule has 2 aromatic rings. The summed E-state index contributed by atoms with van der Waals surface area (Å²) < 4.78 is 26.1.